The number of rotatable bonds is 3. The first-order valence-corrected chi connectivity index (χ1v) is 5.97. The Labute approximate surface area is 115 Å². The smallest absolute Gasteiger partial charge is 0.255 e. The van der Waals surface area contributed by atoms with Gasteiger partial charge in [0.05, 0.1) is 7.11 Å². The zero-order chi connectivity index (χ0) is 13.9. The van der Waals surface area contributed by atoms with Crippen LogP contribution in [0.5, 0.6) is 17.4 Å². The van der Waals surface area contributed by atoms with Crippen LogP contribution in [0.1, 0.15) is 10.4 Å². The Hall–Kier alpha value is -2.76. The molecule has 0 radical (unpaired) electrons. The number of anilines is 1. The van der Waals surface area contributed by atoms with Crippen molar-refractivity contribution in [2.75, 3.05) is 19.2 Å². The van der Waals surface area contributed by atoms with Crippen molar-refractivity contribution in [3.63, 3.8) is 0 Å². The molecule has 6 heteroatoms. The highest BCUT2D eigenvalue weighted by Gasteiger charge is 2.14. The van der Waals surface area contributed by atoms with Gasteiger partial charge in [-0.3, -0.25) is 4.79 Å². The highest BCUT2D eigenvalue weighted by atomic mass is 16.7. The number of nitrogens with one attached hydrogen (secondary N) is 1. The fourth-order valence-electron chi connectivity index (χ4n) is 1.84. The molecule has 0 saturated carbocycles. The molecule has 3 rings (SSSR count). The molecule has 2 heterocycles. The van der Waals surface area contributed by atoms with Gasteiger partial charge in [-0.15, -0.1) is 0 Å². The van der Waals surface area contributed by atoms with Gasteiger partial charge in [-0.25, -0.2) is 4.98 Å². The Morgan fingerprint density at radius 3 is 2.95 bits per heavy atom. The molecule has 0 atom stereocenters. The van der Waals surface area contributed by atoms with E-state index in [2.05, 4.69) is 10.3 Å². The molecular formula is C14H12N2O4. The molecule has 0 spiro atoms. The monoisotopic (exact) mass is 272 g/mol. The minimum Gasteiger partial charge on any atom is -0.481 e. The molecule has 1 aliphatic rings. The van der Waals surface area contributed by atoms with Crippen LogP contribution in [0, 0.1) is 0 Å². The van der Waals surface area contributed by atoms with Gasteiger partial charge in [0.15, 0.2) is 11.5 Å². The third kappa shape index (κ3) is 2.35. The van der Waals surface area contributed by atoms with Crippen molar-refractivity contribution in [3.8, 4) is 17.4 Å². The number of aromatic nitrogens is 1. The number of fused-ring (bicyclic) bond motifs is 1. The first-order valence-electron chi connectivity index (χ1n) is 5.97. The van der Waals surface area contributed by atoms with E-state index in [-0.39, 0.29) is 12.7 Å². The van der Waals surface area contributed by atoms with E-state index < -0.39 is 0 Å². The lowest BCUT2D eigenvalue weighted by molar-refractivity contribution is 0.102. The van der Waals surface area contributed by atoms with Crippen LogP contribution < -0.4 is 19.5 Å². The molecular weight excluding hydrogens is 260 g/mol. The van der Waals surface area contributed by atoms with E-state index in [4.69, 9.17) is 14.2 Å². The lowest BCUT2D eigenvalue weighted by Gasteiger charge is -2.07. The molecule has 6 nitrogen and oxygen atoms in total. The number of pyridine rings is 1. The van der Waals surface area contributed by atoms with E-state index in [0.717, 1.165) is 0 Å². The maximum Gasteiger partial charge on any atom is 0.255 e. The zero-order valence-corrected chi connectivity index (χ0v) is 10.8. The SMILES string of the molecule is COc1cc(C(=O)Nc2ccc3c(c2)OCO3)ccn1. The van der Waals surface area contributed by atoms with Crippen molar-refractivity contribution in [1.82, 2.24) is 4.98 Å². The van der Waals surface area contributed by atoms with Crippen molar-refractivity contribution >= 4 is 11.6 Å². The van der Waals surface area contributed by atoms with Crippen molar-refractivity contribution in [2.45, 2.75) is 0 Å². The quantitative estimate of drug-likeness (QED) is 0.926. The second-order valence-electron chi connectivity index (χ2n) is 4.11. The fraction of sp³-hybridized carbons (Fsp3) is 0.143. The summed E-state index contributed by atoms with van der Waals surface area (Å²) >= 11 is 0. The highest BCUT2D eigenvalue weighted by molar-refractivity contribution is 6.04. The average molecular weight is 272 g/mol. The molecule has 0 fully saturated rings. The van der Waals surface area contributed by atoms with Gasteiger partial charge in [0.2, 0.25) is 12.7 Å². The third-order valence-electron chi connectivity index (χ3n) is 2.84. The minimum absolute atomic E-state index is 0.203. The second-order valence-corrected chi connectivity index (χ2v) is 4.11. The number of carbonyl (C=O) groups is 1. The molecule has 1 N–H and O–H groups in total. The summed E-state index contributed by atoms with van der Waals surface area (Å²) in [6.45, 7) is 0.203. The first kappa shape index (κ1) is 12.3. The van der Waals surface area contributed by atoms with Gasteiger partial charge in [0.1, 0.15) is 0 Å². The summed E-state index contributed by atoms with van der Waals surface area (Å²) in [6.07, 6.45) is 1.52. The summed E-state index contributed by atoms with van der Waals surface area (Å²) in [5.41, 5.74) is 1.10. The Balaban J connectivity index is 1.78. The van der Waals surface area contributed by atoms with Gasteiger partial charge in [0.25, 0.3) is 5.91 Å². The summed E-state index contributed by atoms with van der Waals surface area (Å²) in [5.74, 6) is 1.44. The van der Waals surface area contributed by atoms with Crippen LogP contribution in [-0.4, -0.2) is 24.8 Å². The molecule has 0 unspecified atom stereocenters. The number of nitrogens with zero attached hydrogens (tertiary/aromatic N) is 1. The number of hydrogen-bond acceptors (Lipinski definition) is 5. The predicted octanol–water partition coefficient (Wildman–Crippen LogP) is 2.07. The summed E-state index contributed by atoms with van der Waals surface area (Å²) in [4.78, 5) is 16.1. The number of amides is 1. The average Bonchev–Trinajstić information content (AvgIpc) is 2.95. The summed E-state index contributed by atoms with van der Waals surface area (Å²) < 4.78 is 15.5. The van der Waals surface area contributed by atoms with Crippen LogP contribution >= 0.6 is 0 Å². The van der Waals surface area contributed by atoms with E-state index in [1.165, 1.54) is 13.3 Å². The van der Waals surface area contributed by atoms with Crippen molar-refractivity contribution in [3.05, 3.63) is 42.1 Å². The molecule has 0 saturated heterocycles. The Morgan fingerprint density at radius 2 is 2.10 bits per heavy atom. The Bertz CT molecular complexity index is 657. The molecule has 102 valence electrons. The van der Waals surface area contributed by atoms with E-state index in [9.17, 15) is 4.79 Å². The predicted molar refractivity (Wildman–Crippen MR) is 71.3 cm³/mol. The number of benzene rings is 1. The standard InChI is InChI=1S/C14H12N2O4/c1-18-13-6-9(4-5-15-13)14(17)16-10-2-3-11-12(7-10)20-8-19-11/h2-7H,8H2,1H3,(H,16,17). The van der Waals surface area contributed by atoms with Gasteiger partial charge in [-0.1, -0.05) is 0 Å². The second kappa shape index (κ2) is 5.08. The summed E-state index contributed by atoms with van der Waals surface area (Å²) in [7, 11) is 1.50. The molecule has 1 aliphatic heterocycles. The number of hydrogen-bond donors (Lipinski definition) is 1. The van der Waals surface area contributed by atoms with Gasteiger partial charge >= 0.3 is 0 Å². The molecule has 2 aromatic rings. The Morgan fingerprint density at radius 1 is 1.25 bits per heavy atom. The largest absolute Gasteiger partial charge is 0.481 e. The number of ether oxygens (including phenoxy) is 3. The molecule has 1 aromatic heterocycles. The van der Waals surface area contributed by atoms with E-state index >= 15 is 0 Å². The lowest BCUT2D eigenvalue weighted by atomic mass is 10.2. The van der Waals surface area contributed by atoms with Crippen LogP contribution in [-0.2, 0) is 0 Å². The fourth-order valence-corrected chi connectivity index (χ4v) is 1.84. The first-order chi connectivity index (χ1) is 9.76. The molecule has 20 heavy (non-hydrogen) atoms. The van der Waals surface area contributed by atoms with E-state index in [1.807, 2.05) is 0 Å². The van der Waals surface area contributed by atoms with Crippen LogP contribution in [0.25, 0.3) is 0 Å². The van der Waals surface area contributed by atoms with Crippen molar-refractivity contribution in [2.24, 2.45) is 0 Å². The lowest BCUT2D eigenvalue weighted by Crippen LogP contribution is -2.12. The van der Waals surface area contributed by atoms with Crippen LogP contribution in [0.4, 0.5) is 5.69 Å². The number of carbonyl (C=O) groups excluding carboxylic acids is 1. The van der Waals surface area contributed by atoms with Gasteiger partial charge in [0, 0.05) is 29.6 Å². The minimum atomic E-state index is -0.246. The number of methoxy groups -OCH3 is 1. The molecule has 0 bridgehead atoms. The summed E-state index contributed by atoms with van der Waals surface area (Å²) in [6, 6.07) is 8.42. The topological polar surface area (TPSA) is 69.7 Å². The molecule has 1 aromatic carbocycles. The highest BCUT2D eigenvalue weighted by Crippen LogP contribution is 2.34. The maximum atomic E-state index is 12.1. The van der Waals surface area contributed by atoms with Crippen LogP contribution in [0.3, 0.4) is 0 Å². The zero-order valence-electron chi connectivity index (χ0n) is 10.8. The third-order valence-corrected chi connectivity index (χ3v) is 2.84. The molecule has 1 amide bonds. The van der Waals surface area contributed by atoms with Crippen LogP contribution in [0.2, 0.25) is 0 Å². The van der Waals surface area contributed by atoms with Crippen molar-refractivity contribution < 1.29 is 19.0 Å². The van der Waals surface area contributed by atoms with Gasteiger partial charge < -0.3 is 19.5 Å². The van der Waals surface area contributed by atoms with E-state index in [0.29, 0.717) is 28.6 Å². The van der Waals surface area contributed by atoms with E-state index in [1.54, 1.807) is 30.3 Å². The normalized spacial score (nSPS) is 12.1. The maximum absolute atomic E-state index is 12.1. The van der Waals surface area contributed by atoms with Gasteiger partial charge in [-0.05, 0) is 18.2 Å². The molecule has 0 aliphatic carbocycles. The van der Waals surface area contributed by atoms with Gasteiger partial charge in [-0.2, -0.15) is 0 Å². The summed E-state index contributed by atoms with van der Waals surface area (Å²) in [5, 5.41) is 2.78. The van der Waals surface area contributed by atoms with Crippen molar-refractivity contribution in [1.29, 1.82) is 0 Å². The Kier molecular flexibility index (Phi) is 3.12. The van der Waals surface area contributed by atoms with Crippen LogP contribution in [0.15, 0.2) is 36.5 Å².